The Balaban J connectivity index is 1.73. The molecule has 0 unspecified atom stereocenters. The number of likely N-dealkylation sites (tertiary alicyclic amines) is 1. The van der Waals surface area contributed by atoms with Crippen LogP contribution in [0.2, 0.25) is 0 Å². The maximum Gasteiger partial charge on any atom is 0.406 e. The largest absolute Gasteiger partial charge is 0.406 e. The van der Waals surface area contributed by atoms with Crippen LogP contribution in [0.15, 0.2) is 0 Å². The van der Waals surface area contributed by atoms with Gasteiger partial charge in [0.2, 0.25) is 5.91 Å². The van der Waals surface area contributed by atoms with Gasteiger partial charge in [-0.2, -0.15) is 13.2 Å². The minimum atomic E-state index is -4.30. The average Bonchev–Trinajstić information content (AvgIpc) is 2.39. The molecule has 7 heteroatoms. The summed E-state index contributed by atoms with van der Waals surface area (Å²) in [4.78, 5) is 17.0. The summed E-state index contributed by atoms with van der Waals surface area (Å²) in [6.45, 7) is 1.62. The van der Waals surface area contributed by atoms with E-state index in [-0.39, 0.29) is 13.1 Å². The van der Waals surface area contributed by atoms with E-state index in [9.17, 15) is 18.0 Å². The lowest BCUT2D eigenvalue weighted by Gasteiger charge is -2.37. The molecule has 21 heavy (non-hydrogen) atoms. The Hall–Kier alpha value is -0.820. The zero-order valence-corrected chi connectivity index (χ0v) is 12.5. The lowest BCUT2D eigenvalue weighted by atomic mass is 10.00. The number of piperidine rings is 1. The van der Waals surface area contributed by atoms with Gasteiger partial charge < -0.3 is 9.80 Å². The van der Waals surface area contributed by atoms with Crippen molar-refractivity contribution in [1.82, 2.24) is 14.7 Å². The molecule has 0 aromatic heterocycles. The highest BCUT2D eigenvalue weighted by atomic mass is 19.4. The van der Waals surface area contributed by atoms with E-state index in [1.807, 2.05) is 4.90 Å². The fourth-order valence-corrected chi connectivity index (χ4v) is 3.17. The minimum Gasteiger partial charge on any atom is -0.331 e. The van der Waals surface area contributed by atoms with Crippen molar-refractivity contribution in [2.24, 2.45) is 0 Å². The van der Waals surface area contributed by atoms with Crippen molar-refractivity contribution in [3.63, 3.8) is 0 Å². The van der Waals surface area contributed by atoms with Gasteiger partial charge in [0.05, 0.1) is 6.54 Å². The van der Waals surface area contributed by atoms with Crippen LogP contribution in [0.25, 0.3) is 0 Å². The number of nitrogens with zero attached hydrogens (tertiary/aromatic N) is 3. The molecule has 2 saturated heterocycles. The second kappa shape index (κ2) is 6.96. The first kappa shape index (κ1) is 16.5. The lowest BCUT2D eigenvalue weighted by molar-refractivity contribution is -0.165. The first-order valence-electron chi connectivity index (χ1n) is 7.62. The molecule has 0 aromatic rings. The smallest absolute Gasteiger partial charge is 0.331 e. The quantitative estimate of drug-likeness (QED) is 0.789. The third-order valence-corrected chi connectivity index (χ3v) is 4.47. The van der Waals surface area contributed by atoms with Crippen LogP contribution in [-0.2, 0) is 4.79 Å². The number of hydrogen-bond acceptors (Lipinski definition) is 3. The van der Waals surface area contributed by atoms with Crippen LogP contribution < -0.4 is 0 Å². The van der Waals surface area contributed by atoms with Gasteiger partial charge >= 0.3 is 6.18 Å². The molecule has 0 bridgehead atoms. The second-order valence-corrected chi connectivity index (χ2v) is 6.13. The van der Waals surface area contributed by atoms with E-state index < -0.39 is 18.6 Å². The maximum atomic E-state index is 12.3. The molecule has 1 amide bonds. The van der Waals surface area contributed by atoms with E-state index in [0.717, 1.165) is 24.4 Å². The molecule has 2 aliphatic heterocycles. The summed E-state index contributed by atoms with van der Waals surface area (Å²) in [5, 5.41) is 0. The number of hydrogen-bond donors (Lipinski definition) is 0. The minimum absolute atomic E-state index is 0.118. The molecule has 122 valence electrons. The van der Waals surface area contributed by atoms with Crippen molar-refractivity contribution >= 4 is 5.91 Å². The third-order valence-electron chi connectivity index (χ3n) is 4.47. The highest BCUT2D eigenvalue weighted by Gasteiger charge is 2.35. The van der Waals surface area contributed by atoms with Crippen LogP contribution in [0.1, 0.15) is 25.7 Å². The molecule has 2 aliphatic rings. The Bertz CT molecular complexity index is 362. The molecule has 0 aromatic carbocycles. The van der Waals surface area contributed by atoms with Crippen LogP contribution in [0, 0.1) is 0 Å². The van der Waals surface area contributed by atoms with Crippen molar-refractivity contribution in [1.29, 1.82) is 0 Å². The summed E-state index contributed by atoms with van der Waals surface area (Å²) >= 11 is 0. The average molecular weight is 307 g/mol. The Labute approximate surface area is 123 Å². The predicted octanol–water partition coefficient (Wildman–Crippen LogP) is 1.57. The summed E-state index contributed by atoms with van der Waals surface area (Å²) in [6, 6.07) is 0.544. The van der Waals surface area contributed by atoms with Gasteiger partial charge in [-0.3, -0.25) is 9.69 Å². The standard InChI is InChI=1S/C14H24F3N3O/c1-18-6-3-2-4-12(18)5-7-19-8-9-20(13(21)10-19)11-14(15,16)17/h12H,2-11H2,1H3/t12-/m0/s1. The molecule has 2 heterocycles. The molecule has 1 atom stereocenters. The van der Waals surface area contributed by atoms with E-state index in [0.29, 0.717) is 12.6 Å². The predicted molar refractivity (Wildman–Crippen MR) is 74.0 cm³/mol. The maximum absolute atomic E-state index is 12.3. The van der Waals surface area contributed by atoms with Gasteiger partial charge in [-0.15, -0.1) is 0 Å². The van der Waals surface area contributed by atoms with Gasteiger partial charge in [-0.05, 0) is 32.9 Å². The summed E-state index contributed by atoms with van der Waals surface area (Å²) in [5.74, 6) is -0.407. The van der Waals surface area contributed by atoms with Gasteiger partial charge in [0.25, 0.3) is 0 Å². The summed E-state index contributed by atoms with van der Waals surface area (Å²) in [6.07, 6.45) is 0.346. The molecule has 2 fully saturated rings. The van der Waals surface area contributed by atoms with Gasteiger partial charge in [0.1, 0.15) is 6.54 Å². The fraction of sp³-hybridized carbons (Fsp3) is 0.929. The Morgan fingerprint density at radius 2 is 1.95 bits per heavy atom. The van der Waals surface area contributed by atoms with Crippen LogP contribution in [0.5, 0.6) is 0 Å². The van der Waals surface area contributed by atoms with Crippen LogP contribution in [-0.4, -0.2) is 79.1 Å². The number of piperazine rings is 1. The van der Waals surface area contributed by atoms with Crippen molar-refractivity contribution < 1.29 is 18.0 Å². The van der Waals surface area contributed by atoms with Crippen molar-refractivity contribution in [3.8, 4) is 0 Å². The summed E-state index contributed by atoms with van der Waals surface area (Å²) in [7, 11) is 2.12. The SMILES string of the molecule is CN1CCCC[C@H]1CCN1CCN(CC(F)(F)F)C(=O)C1. The van der Waals surface area contributed by atoms with Crippen LogP contribution in [0.3, 0.4) is 0 Å². The zero-order chi connectivity index (χ0) is 15.5. The highest BCUT2D eigenvalue weighted by Crippen LogP contribution is 2.20. The van der Waals surface area contributed by atoms with Crippen molar-refractivity contribution in [2.75, 3.05) is 46.3 Å². The van der Waals surface area contributed by atoms with E-state index in [2.05, 4.69) is 11.9 Å². The van der Waals surface area contributed by atoms with E-state index in [4.69, 9.17) is 0 Å². The molecule has 0 spiro atoms. The van der Waals surface area contributed by atoms with Gasteiger partial charge in [0, 0.05) is 25.7 Å². The number of carbonyl (C=O) groups is 1. The van der Waals surface area contributed by atoms with Crippen LogP contribution in [0.4, 0.5) is 13.2 Å². The van der Waals surface area contributed by atoms with Gasteiger partial charge in [0.15, 0.2) is 0 Å². The topological polar surface area (TPSA) is 26.8 Å². The van der Waals surface area contributed by atoms with E-state index >= 15 is 0 Å². The number of carbonyl (C=O) groups excluding carboxylic acids is 1. The van der Waals surface area contributed by atoms with Gasteiger partial charge in [-0.25, -0.2) is 0 Å². The number of rotatable bonds is 4. The van der Waals surface area contributed by atoms with Crippen LogP contribution >= 0.6 is 0 Å². The fourth-order valence-electron chi connectivity index (χ4n) is 3.17. The molecular weight excluding hydrogens is 283 g/mol. The van der Waals surface area contributed by atoms with Crippen molar-refractivity contribution in [3.05, 3.63) is 0 Å². The molecule has 0 saturated carbocycles. The monoisotopic (exact) mass is 307 g/mol. The summed E-state index contributed by atoms with van der Waals surface area (Å²) in [5.41, 5.74) is 0. The molecule has 0 N–H and O–H groups in total. The normalized spacial score (nSPS) is 26.4. The Morgan fingerprint density at radius 3 is 2.57 bits per heavy atom. The number of amides is 1. The first-order chi connectivity index (χ1) is 9.85. The molecule has 4 nitrogen and oxygen atoms in total. The number of alkyl halides is 3. The first-order valence-corrected chi connectivity index (χ1v) is 7.62. The summed E-state index contributed by atoms with van der Waals surface area (Å²) < 4.78 is 37.0. The molecule has 2 rings (SSSR count). The molecule has 0 aliphatic carbocycles. The second-order valence-electron chi connectivity index (χ2n) is 6.13. The van der Waals surface area contributed by atoms with Gasteiger partial charge in [-0.1, -0.05) is 6.42 Å². The van der Waals surface area contributed by atoms with E-state index in [1.165, 1.54) is 19.3 Å². The zero-order valence-electron chi connectivity index (χ0n) is 12.5. The third kappa shape index (κ3) is 5.14. The molecular formula is C14H24F3N3O. The van der Waals surface area contributed by atoms with E-state index in [1.54, 1.807) is 0 Å². The Kier molecular flexibility index (Phi) is 5.48. The molecule has 0 radical (unpaired) electrons. The number of halogens is 3. The highest BCUT2D eigenvalue weighted by molar-refractivity contribution is 5.79. The lowest BCUT2D eigenvalue weighted by Crippen LogP contribution is -2.53. The van der Waals surface area contributed by atoms with Crippen molar-refractivity contribution in [2.45, 2.75) is 37.9 Å². The Morgan fingerprint density at radius 1 is 1.19 bits per heavy atom.